The number of likely N-dealkylation sites (tertiary alicyclic amines) is 1. The predicted molar refractivity (Wildman–Crippen MR) is 96.1 cm³/mol. The molecule has 0 radical (unpaired) electrons. The number of nitrogens with one attached hydrogen (secondary N) is 1. The second-order valence-electron chi connectivity index (χ2n) is 6.23. The van der Waals surface area contributed by atoms with Crippen molar-refractivity contribution in [1.82, 2.24) is 10.2 Å². The lowest BCUT2D eigenvalue weighted by Gasteiger charge is -2.24. The van der Waals surface area contributed by atoms with Gasteiger partial charge in [-0.2, -0.15) is 0 Å². The number of nitrogens with two attached hydrogens (primary N) is 1. The summed E-state index contributed by atoms with van der Waals surface area (Å²) >= 11 is 0. The van der Waals surface area contributed by atoms with Gasteiger partial charge in [-0.25, -0.2) is 4.79 Å². The van der Waals surface area contributed by atoms with Crippen molar-refractivity contribution in [2.75, 3.05) is 26.2 Å². The van der Waals surface area contributed by atoms with Crippen molar-refractivity contribution in [3.63, 3.8) is 0 Å². The number of aliphatic imine (C=N–C) groups is 1. The molecule has 1 aliphatic heterocycles. The van der Waals surface area contributed by atoms with Crippen LogP contribution < -0.4 is 11.1 Å². The fourth-order valence-electron chi connectivity index (χ4n) is 2.01. The highest BCUT2D eigenvalue weighted by atomic mass is 127. The van der Waals surface area contributed by atoms with Crippen LogP contribution in [-0.2, 0) is 4.74 Å². The fourth-order valence-corrected chi connectivity index (χ4v) is 2.01. The first-order chi connectivity index (χ1) is 9.31. The molecule has 6 nitrogen and oxygen atoms in total. The van der Waals surface area contributed by atoms with Gasteiger partial charge in [-0.1, -0.05) is 6.92 Å². The Hall–Kier alpha value is -0.730. The summed E-state index contributed by atoms with van der Waals surface area (Å²) in [6.45, 7) is 10.6. The minimum atomic E-state index is -0.443. The smallest absolute Gasteiger partial charge is 0.410 e. The normalized spacial score (nSPS) is 19.1. The maximum absolute atomic E-state index is 11.9. The Balaban J connectivity index is 0.00000400. The largest absolute Gasteiger partial charge is 0.444 e. The van der Waals surface area contributed by atoms with Gasteiger partial charge in [0.2, 0.25) is 0 Å². The van der Waals surface area contributed by atoms with Crippen LogP contribution in [0, 0.1) is 5.92 Å². The third kappa shape index (κ3) is 8.33. The van der Waals surface area contributed by atoms with Gasteiger partial charge in [0.05, 0.1) is 0 Å². The highest BCUT2D eigenvalue weighted by Gasteiger charge is 2.29. The Bertz CT molecular complexity index is 355. The Morgan fingerprint density at radius 2 is 2.14 bits per heavy atom. The lowest BCUT2D eigenvalue weighted by atomic mass is 10.1. The summed E-state index contributed by atoms with van der Waals surface area (Å²) in [5.41, 5.74) is 5.31. The van der Waals surface area contributed by atoms with Crippen LogP contribution in [0.25, 0.3) is 0 Å². The van der Waals surface area contributed by atoms with Gasteiger partial charge in [0, 0.05) is 26.2 Å². The van der Waals surface area contributed by atoms with Gasteiger partial charge in [0.1, 0.15) is 5.60 Å². The van der Waals surface area contributed by atoms with Gasteiger partial charge in [0.15, 0.2) is 5.96 Å². The Morgan fingerprint density at radius 1 is 1.48 bits per heavy atom. The van der Waals surface area contributed by atoms with Crippen molar-refractivity contribution in [2.24, 2.45) is 16.6 Å². The van der Waals surface area contributed by atoms with Gasteiger partial charge < -0.3 is 20.7 Å². The standard InChI is InChI=1S/C14H28N4O2.HI/c1-5-7-16-12(15)17-9-11-6-8-18(10-11)13(19)20-14(2,3)4;/h11H,5-10H2,1-4H3,(H3,15,16,17);1H. The minimum absolute atomic E-state index is 0. The van der Waals surface area contributed by atoms with Crippen molar-refractivity contribution >= 4 is 36.0 Å². The van der Waals surface area contributed by atoms with E-state index in [2.05, 4.69) is 17.2 Å². The van der Waals surface area contributed by atoms with Crippen LogP contribution in [0.2, 0.25) is 0 Å². The topological polar surface area (TPSA) is 80.0 Å². The lowest BCUT2D eigenvalue weighted by molar-refractivity contribution is 0.0289. The molecule has 0 spiro atoms. The average molecular weight is 412 g/mol. The van der Waals surface area contributed by atoms with Crippen molar-refractivity contribution < 1.29 is 9.53 Å². The molecule has 124 valence electrons. The number of halogens is 1. The van der Waals surface area contributed by atoms with Gasteiger partial charge in [-0.05, 0) is 39.5 Å². The monoisotopic (exact) mass is 412 g/mol. The van der Waals surface area contributed by atoms with Gasteiger partial charge in [-0.15, -0.1) is 24.0 Å². The zero-order valence-corrected chi connectivity index (χ0v) is 15.8. The molecule has 1 saturated heterocycles. The Labute approximate surface area is 144 Å². The van der Waals surface area contributed by atoms with Crippen molar-refractivity contribution in [3.8, 4) is 0 Å². The first-order valence-electron chi connectivity index (χ1n) is 7.33. The second kappa shape index (κ2) is 9.32. The van der Waals surface area contributed by atoms with Crippen LogP contribution in [0.3, 0.4) is 0 Å². The zero-order valence-electron chi connectivity index (χ0n) is 13.5. The molecule has 0 aromatic rings. The van der Waals surface area contributed by atoms with E-state index in [4.69, 9.17) is 10.5 Å². The van der Waals surface area contributed by atoms with Crippen LogP contribution in [-0.4, -0.2) is 48.7 Å². The summed E-state index contributed by atoms with van der Waals surface area (Å²) in [5, 5.41) is 3.04. The SMILES string of the molecule is CCCNC(N)=NCC1CCN(C(=O)OC(C)(C)C)C1.I. The Kier molecular flexibility index (Phi) is 9.00. The third-order valence-electron chi connectivity index (χ3n) is 3.01. The summed E-state index contributed by atoms with van der Waals surface area (Å²) in [7, 11) is 0. The van der Waals surface area contributed by atoms with E-state index >= 15 is 0 Å². The quantitative estimate of drug-likeness (QED) is 0.422. The van der Waals surface area contributed by atoms with E-state index < -0.39 is 5.60 Å². The highest BCUT2D eigenvalue weighted by molar-refractivity contribution is 14.0. The van der Waals surface area contributed by atoms with Crippen LogP contribution >= 0.6 is 24.0 Å². The molecule has 1 rings (SSSR count). The van der Waals surface area contributed by atoms with Gasteiger partial charge in [-0.3, -0.25) is 4.99 Å². The lowest BCUT2D eigenvalue weighted by Crippen LogP contribution is -2.35. The summed E-state index contributed by atoms with van der Waals surface area (Å²) < 4.78 is 5.36. The van der Waals surface area contributed by atoms with Crippen molar-refractivity contribution in [1.29, 1.82) is 0 Å². The predicted octanol–water partition coefficient (Wildman–Crippen LogP) is 2.18. The molecule has 1 aliphatic rings. The number of nitrogens with zero attached hydrogens (tertiary/aromatic N) is 2. The van der Waals surface area contributed by atoms with E-state index in [9.17, 15) is 4.79 Å². The molecule has 1 fully saturated rings. The summed E-state index contributed by atoms with van der Waals surface area (Å²) in [4.78, 5) is 18.0. The molecule has 0 aliphatic carbocycles. The number of hydrogen-bond acceptors (Lipinski definition) is 3. The molecular weight excluding hydrogens is 383 g/mol. The number of ether oxygens (including phenoxy) is 1. The van der Waals surface area contributed by atoms with Crippen LogP contribution in [0.1, 0.15) is 40.5 Å². The van der Waals surface area contributed by atoms with Crippen LogP contribution in [0.15, 0.2) is 4.99 Å². The number of amides is 1. The highest BCUT2D eigenvalue weighted by Crippen LogP contribution is 2.19. The van der Waals surface area contributed by atoms with E-state index in [1.165, 1.54) is 0 Å². The third-order valence-corrected chi connectivity index (χ3v) is 3.01. The maximum Gasteiger partial charge on any atom is 0.410 e. The van der Waals surface area contributed by atoms with E-state index in [1.807, 2.05) is 20.8 Å². The summed E-state index contributed by atoms with van der Waals surface area (Å²) in [5.74, 6) is 0.854. The van der Waals surface area contributed by atoms with E-state index in [0.29, 0.717) is 25.0 Å². The number of carbonyl (C=O) groups excluding carboxylic acids is 1. The molecular formula is C14H29IN4O2. The molecule has 0 saturated carbocycles. The number of carbonyl (C=O) groups is 1. The number of rotatable bonds is 4. The molecule has 7 heteroatoms. The van der Waals surface area contributed by atoms with E-state index in [0.717, 1.165) is 25.9 Å². The molecule has 1 unspecified atom stereocenters. The minimum Gasteiger partial charge on any atom is -0.444 e. The van der Waals surface area contributed by atoms with Crippen LogP contribution in [0.4, 0.5) is 4.79 Å². The molecule has 1 heterocycles. The first-order valence-corrected chi connectivity index (χ1v) is 7.33. The number of hydrogen-bond donors (Lipinski definition) is 2. The molecule has 3 N–H and O–H groups in total. The fraction of sp³-hybridized carbons (Fsp3) is 0.857. The van der Waals surface area contributed by atoms with Gasteiger partial charge >= 0.3 is 6.09 Å². The maximum atomic E-state index is 11.9. The Morgan fingerprint density at radius 3 is 2.71 bits per heavy atom. The van der Waals surface area contributed by atoms with E-state index in [-0.39, 0.29) is 30.1 Å². The van der Waals surface area contributed by atoms with Crippen molar-refractivity contribution in [2.45, 2.75) is 46.1 Å². The van der Waals surface area contributed by atoms with Gasteiger partial charge in [0.25, 0.3) is 0 Å². The first kappa shape index (κ1) is 20.3. The molecule has 1 amide bonds. The second-order valence-corrected chi connectivity index (χ2v) is 6.23. The van der Waals surface area contributed by atoms with Crippen LogP contribution in [0.5, 0.6) is 0 Å². The molecule has 0 aromatic carbocycles. The summed E-state index contributed by atoms with van der Waals surface area (Å²) in [6.07, 6.45) is 1.73. The molecule has 0 aromatic heterocycles. The molecule has 0 bridgehead atoms. The zero-order chi connectivity index (χ0) is 15.2. The van der Waals surface area contributed by atoms with Crippen molar-refractivity contribution in [3.05, 3.63) is 0 Å². The molecule has 21 heavy (non-hydrogen) atoms. The molecule has 1 atom stereocenters. The average Bonchev–Trinajstić information content (AvgIpc) is 2.80. The van der Waals surface area contributed by atoms with E-state index in [1.54, 1.807) is 4.90 Å². The summed E-state index contributed by atoms with van der Waals surface area (Å²) in [6, 6.07) is 0. The number of guanidine groups is 1.